The summed E-state index contributed by atoms with van der Waals surface area (Å²) in [5.41, 5.74) is -0.0554. The van der Waals surface area contributed by atoms with E-state index in [2.05, 4.69) is 5.32 Å². The molecule has 9 nitrogen and oxygen atoms in total. The Balaban J connectivity index is 1.88. The second-order valence-corrected chi connectivity index (χ2v) is 8.44. The molecule has 0 bridgehead atoms. The predicted molar refractivity (Wildman–Crippen MR) is 121 cm³/mol. The number of anilines is 1. The molecule has 1 N–H and O–H groups in total. The van der Waals surface area contributed by atoms with Crippen molar-refractivity contribution in [2.45, 2.75) is 4.90 Å². The number of non-ortho nitro benzene ring substituents is 1. The van der Waals surface area contributed by atoms with Crippen molar-refractivity contribution >= 4 is 45.1 Å². The van der Waals surface area contributed by atoms with Gasteiger partial charge in [0.25, 0.3) is 11.6 Å². The maximum atomic E-state index is 12.6. The number of nitro benzene ring substituents is 1. The molecule has 1 amide bonds. The summed E-state index contributed by atoms with van der Waals surface area (Å²) in [5, 5.41) is 23.1. The number of hydrogen-bond acceptors (Lipinski definition) is 7. The number of carbonyl (C=O) groups is 1. The minimum absolute atomic E-state index is 0.140. The number of hydrogen-bond donors (Lipinski definition) is 1. The molecule has 33 heavy (non-hydrogen) atoms. The second kappa shape index (κ2) is 9.95. The first-order valence-corrected chi connectivity index (χ1v) is 10.9. The molecule has 0 aromatic heterocycles. The van der Waals surface area contributed by atoms with E-state index in [9.17, 15) is 28.6 Å². The number of nitrogens with zero attached hydrogens (tertiary/aromatic N) is 2. The summed E-state index contributed by atoms with van der Waals surface area (Å²) in [6, 6.07) is 18.2. The average Bonchev–Trinajstić information content (AvgIpc) is 2.78. The van der Waals surface area contributed by atoms with Gasteiger partial charge in [-0.05, 0) is 42.5 Å². The summed E-state index contributed by atoms with van der Waals surface area (Å²) in [6.07, 6.45) is 1.18. The number of amides is 1. The van der Waals surface area contributed by atoms with Gasteiger partial charge >= 0.3 is 10.1 Å². The van der Waals surface area contributed by atoms with Crippen molar-refractivity contribution in [3.63, 3.8) is 0 Å². The number of nitrogens with one attached hydrogen (secondary N) is 1. The Morgan fingerprint density at radius 3 is 2.42 bits per heavy atom. The zero-order chi connectivity index (χ0) is 24.0. The maximum Gasteiger partial charge on any atom is 0.339 e. The van der Waals surface area contributed by atoms with E-state index in [1.807, 2.05) is 0 Å². The third-order valence-electron chi connectivity index (χ3n) is 4.20. The lowest BCUT2D eigenvalue weighted by Crippen LogP contribution is -2.14. The van der Waals surface area contributed by atoms with Gasteiger partial charge in [-0.3, -0.25) is 14.9 Å². The van der Waals surface area contributed by atoms with E-state index in [0.29, 0.717) is 10.7 Å². The minimum Gasteiger partial charge on any atom is -0.378 e. The monoisotopic (exact) mass is 483 g/mol. The summed E-state index contributed by atoms with van der Waals surface area (Å²) in [7, 11) is -4.34. The van der Waals surface area contributed by atoms with Crippen LogP contribution >= 0.6 is 11.6 Å². The van der Waals surface area contributed by atoms with Crippen molar-refractivity contribution in [1.82, 2.24) is 0 Å². The summed E-state index contributed by atoms with van der Waals surface area (Å²) in [4.78, 5) is 22.3. The van der Waals surface area contributed by atoms with Crippen LogP contribution in [0.4, 0.5) is 11.4 Å². The van der Waals surface area contributed by atoms with Crippen LogP contribution in [0.2, 0.25) is 5.02 Å². The smallest absolute Gasteiger partial charge is 0.339 e. The predicted octanol–water partition coefficient (Wildman–Crippen LogP) is 4.56. The van der Waals surface area contributed by atoms with Gasteiger partial charge in [-0.15, -0.1) is 0 Å². The Hall–Kier alpha value is -4.20. The molecule has 0 aliphatic rings. The molecule has 0 saturated heterocycles. The van der Waals surface area contributed by atoms with E-state index in [1.54, 1.807) is 30.3 Å². The van der Waals surface area contributed by atoms with Crippen LogP contribution in [0.5, 0.6) is 5.75 Å². The molecule has 3 aromatic carbocycles. The summed E-state index contributed by atoms with van der Waals surface area (Å²) < 4.78 is 30.4. The molecule has 0 atom stereocenters. The summed E-state index contributed by atoms with van der Waals surface area (Å²) in [5.74, 6) is -0.869. The quantitative estimate of drug-likeness (QED) is 0.171. The van der Waals surface area contributed by atoms with E-state index in [0.717, 1.165) is 24.3 Å². The molecule has 0 heterocycles. The number of halogens is 1. The van der Waals surface area contributed by atoms with E-state index < -0.39 is 20.9 Å². The molecule has 0 unspecified atom stereocenters. The van der Waals surface area contributed by atoms with Gasteiger partial charge in [-0.1, -0.05) is 35.9 Å². The Labute approximate surface area is 193 Å². The summed E-state index contributed by atoms with van der Waals surface area (Å²) >= 11 is 5.89. The Kier molecular flexibility index (Phi) is 7.07. The van der Waals surface area contributed by atoms with Gasteiger partial charge in [0.1, 0.15) is 22.3 Å². The highest BCUT2D eigenvalue weighted by Crippen LogP contribution is 2.26. The van der Waals surface area contributed by atoms with Crippen LogP contribution in [-0.4, -0.2) is 19.2 Å². The van der Waals surface area contributed by atoms with Gasteiger partial charge in [0.15, 0.2) is 0 Å². The molecule has 0 fully saturated rings. The highest BCUT2D eigenvalue weighted by molar-refractivity contribution is 7.87. The van der Waals surface area contributed by atoms with Gasteiger partial charge in [0.2, 0.25) is 0 Å². The van der Waals surface area contributed by atoms with Crippen molar-refractivity contribution in [3.8, 4) is 11.8 Å². The van der Waals surface area contributed by atoms with Gasteiger partial charge < -0.3 is 9.50 Å². The second-order valence-electron chi connectivity index (χ2n) is 6.46. The first kappa shape index (κ1) is 23.5. The number of nitriles is 1. The number of para-hydroxylation sites is 1. The maximum absolute atomic E-state index is 12.6. The third kappa shape index (κ3) is 5.94. The first-order valence-electron chi connectivity index (χ1n) is 9.16. The van der Waals surface area contributed by atoms with Crippen molar-refractivity contribution in [1.29, 1.82) is 5.26 Å². The molecule has 166 valence electrons. The molecule has 0 spiro atoms. The lowest BCUT2D eigenvalue weighted by atomic mass is 10.1. The van der Waals surface area contributed by atoms with Crippen molar-refractivity contribution in [3.05, 3.63) is 99.1 Å². The average molecular weight is 484 g/mol. The largest absolute Gasteiger partial charge is 0.378 e. The Morgan fingerprint density at radius 1 is 1.09 bits per heavy atom. The fourth-order valence-corrected chi connectivity index (χ4v) is 3.79. The zero-order valence-electron chi connectivity index (χ0n) is 16.6. The normalized spacial score (nSPS) is 11.3. The van der Waals surface area contributed by atoms with Crippen LogP contribution in [-0.2, 0) is 14.9 Å². The molecule has 0 aliphatic heterocycles. The lowest BCUT2D eigenvalue weighted by molar-refractivity contribution is -0.384. The molecule has 3 aromatic rings. The van der Waals surface area contributed by atoms with E-state index in [-0.39, 0.29) is 27.5 Å². The van der Waals surface area contributed by atoms with Gasteiger partial charge in [-0.25, -0.2) is 0 Å². The SMILES string of the molecule is N#C/C(=C\c1ccccc1OS(=O)(=O)c1ccc([N+](=O)[O-])cc1)C(=O)Nc1cccc(Cl)c1. The van der Waals surface area contributed by atoms with E-state index in [1.165, 1.54) is 30.3 Å². The van der Waals surface area contributed by atoms with Gasteiger partial charge in [0.05, 0.1) is 4.92 Å². The number of rotatable bonds is 7. The zero-order valence-corrected chi connectivity index (χ0v) is 18.2. The van der Waals surface area contributed by atoms with Crippen molar-refractivity contribution < 1.29 is 22.3 Å². The number of benzene rings is 3. The minimum atomic E-state index is -4.34. The molecule has 0 saturated carbocycles. The topological polar surface area (TPSA) is 139 Å². The van der Waals surface area contributed by atoms with Crippen LogP contribution in [0.3, 0.4) is 0 Å². The lowest BCUT2D eigenvalue weighted by Gasteiger charge is -2.10. The van der Waals surface area contributed by atoms with Gasteiger partial charge in [0, 0.05) is 28.4 Å². The van der Waals surface area contributed by atoms with Crippen LogP contribution in [0.1, 0.15) is 5.56 Å². The van der Waals surface area contributed by atoms with Gasteiger partial charge in [-0.2, -0.15) is 13.7 Å². The van der Waals surface area contributed by atoms with E-state index in [4.69, 9.17) is 15.8 Å². The first-order chi connectivity index (χ1) is 15.7. The molecule has 0 aliphatic carbocycles. The fourth-order valence-electron chi connectivity index (χ4n) is 2.65. The Bertz CT molecular complexity index is 1400. The van der Waals surface area contributed by atoms with Crippen LogP contribution < -0.4 is 9.50 Å². The molecule has 0 radical (unpaired) electrons. The standard InChI is InChI=1S/C22H14ClN3O6S/c23-17-5-3-6-18(13-17)25-22(27)16(14-24)12-15-4-1-2-7-21(15)32-33(30,31)20-10-8-19(9-11-20)26(28)29/h1-13H,(H,25,27)/b16-12+. The van der Waals surface area contributed by atoms with Crippen LogP contribution in [0.15, 0.2) is 83.3 Å². The summed E-state index contributed by atoms with van der Waals surface area (Å²) in [6.45, 7) is 0. The number of carbonyl (C=O) groups excluding carboxylic acids is 1. The number of nitro groups is 1. The molecule has 11 heteroatoms. The van der Waals surface area contributed by atoms with E-state index >= 15 is 0 Å². The molecular weight excluding hydrogens is 470 g/mol. The van der Waals surface area contributed by atoms with Crippen LogP contribution in [0.25, 0.3) is 6.08 Å². The Morgan fingerprint density at radius 2 is 1.79 bits per heavy atom. The fraction of sp³-hybridized carbons (Fsp3) is 0. The highest BCUT2D eigenvalue weighted by Gasteiger charge is 2.20. The van der Waals surface area contributed by atoms with Crippen molar-refractivity contribution in [2.24, 2.45) is 0 Å². The van der Waals surface area contributed by atoms with Crippen molar-refractivity contribution in [2.75, 3.05) is 5.32 Å². The molecular formula is C22H14ClN3O6S. The highest BCUT2D eigenvalue weighted by atomic mass is 35.5. The molecule has 3 rings (SSSR count). The van der Waals surface area contributed by atoms with Crippen LogP contribution in [0, 0.1) is 21.4 Å². The third-order valence-corrected chi connectivity index (χ3v) is 5.69.